The zero-order valence-electron chi connectivity index (χ0n) is 11.9. The molecule has 5 nitrogen and oxygen atoms in total. The Morgan fingerprint density at radius 1 is 1.17 bits per heavy atom. The maximum absolute atomic E-state index is 12.2. The van der Waals surface area contributed by atoms with Gasteiger partial charge in [0.05, 0.1) is 0 Å². The van der Waals surface area contributed by atoms with E-state index in [2.05, 4.69) is 15.4 Å². The average Bonchev–Trinajstić information content (AvgIpc) is 2.95. The van der Waals surface area contributed by atoms with E-state index in [9.17, 15) is 18.4 Å². The summed E-state index contributed by atoms with van der Waals surface area (Å²) < 4.78 is 28.7. The number of carbonyl (C=O) groups excluding carboxylic acids is 2. The van der Waals surface area contributed by atoms with Crippen molar-refractivity contribution in [2.45, 2.75) is 13.0 Å². The van der Waals surface area contributed by atoms with Crippen LogP contribution in [0.5, 0.6) is 5.75 Å². The highest BCUT2D eigenvalue weighted by molar-refractivity contribution is 7.12. The lowest BCUT2D eigenvalue weighted by Gasteiger charge is -2.07. The molecule has 0 aliphatic heterocycles. The Kier molecular flexibility index (Phi) is 6.04. The van der Waals surface area contributed by atoms with E-state index < -0.39 is 12.5 Å². The lowest BCUT2D eigenvalue weighted by Crippen LogP contribution is -2.27. The number of rotatable bonds is 7. The topological polar surface area (TPSA) is 67.4 Å². The van der Waals surface area contributed by atoms with E-state index in [1.54, 1.807) is 24.3 Å². The second-order valence-electron chi connectivity index (χ2n) is 4.41. The van der Waals surface area contributed by atoms with Crippen molar-refractivity contribution in [3.05, 3.63) is 46.7 Å². The Balaban J connectivity index is 1.79. The van der Waals surface area contributed by atoms with E-state index in [1.807, 2.05) is 6.07 Å². The monoisotopic (exact) mass is 340 g/mol. The molecule has 1 aromatic carbocycles. The summed E-state index contributed by atoms with van der Waals surface area (Å²) in [4.78, 5) is 23.6. The number of amides is 2. The maximum atomic E-state index is 12.2. The first kappa shape index (κ1) is 16.9. The maximum Gasteiger partial charge on any atom is 0.387 e. The van der Waals surface area contributed by atoms with Gasteiger partial charge in [-0.15, -0.1) is 11.3 Å². The van der Waals surface area contributed by atoms with Crippen LogP contribution in [-0.4, -0.2) is 25.0 Å². The van der Waals surface area contributed by atoms with Gasteiger partial charge in [-0.05, 0) is 23.6 Å². The van der Waals surface area contributed by atoms with Gasteiger partial charge in [-0.1, -0.05) is 18.2 Å². The van der Waals surface area contributed by atoms with Crippen LogP contribution in [-0.2, 0) is 4.79 Å². The van der Waals surface area contributed by atoms with E-state index in [1.165, 1.54) is 11.4 Å². The SMILES string of the molecule is O=C(CCNC(=O)c1sccc1OC(F)F)Nc1ccccc1. The first-order valence-corrected chi connectivity index (χ1v) is 7.59. The number of nitrogens with one attached hydrogen (secondary N) is 2. The van der Waals surface area contributed by atoms with E-state index in [0.29, 0.717) is 5.69 Å². The van der Waals surface area contributed by atoms with Gasteiger partial charge in [-0.2, -0.15) is 8.78 Å². The summed E-state index contributed by atoms with van der Waals surface area (Å²) in [6.07, 6.45) is 0.0665. The van der Waals surface area contributed by atoms with Crippen molar-refractivity contribution < 1.29 is 23.1 Å². The largest absolute Gasteiger partial charge is 0.433 e. The number of ether oxygens (including phenoxy) is 1. The van der Waals surface area contributed by atoms with Gasteiger partial charge in [0, 0.05) is 18.7 Å². The lowest BCUT2D eigenvalue weighted by molar-refractivity contribution is -0.116. The number of benzene rings is 1. The molecule has 0 aliphatic carbocycles. The summed E-state index contributed by atoms with van der Waals surface area (Å²) in [5.74, 6) is -0.980. The first-order chi connectivity index (χ1) is 11.1. The Morgan fingerprint density at radius 3 is 2.61 bits per heavy atom. The van der Waals surface area contributed by atoms with Crippen LogP contribution in [0.1, 0.15) is 16.1 Å². The zero-order valence-corrected chi connectivity index (χ0v) is 12.7. The van der Waals surface area contributed by atoms with Crippen LogP contribution in [0.15, 0.2) is 41.8 Å². The number of para-hydroxylation sites is 1. The molecule has 0 bridgehead atoms. The predicted octanol–water partition coefficient (Wildman–Crippen LogP) is 3.11. The van der Waals surface area contributed by atoms with Crippen LogP contribution in [0.4, 0.5) is 14.5 Å². The van der Waals surface area contributed by atoms with Crippen LogP contribution in [0, 0.1) is 0 Å². The van der Waals surface area contributed by atoms with Gasteiger partial charge in [0.2, 0.25) is 5.91 Å². The summed E-state index contributed by atoms with van der Waals surface area (Å²) in [5, 5.41) is 6.66. The summed E-state index contributed by atoms with van der Waals surface area (Å²) in [5.41, 5.74) is 0.662. The Labute approximate surface area is 135 Å². The van der Waals surface area contributed by atoms with Gasteiger partial charge in [-0.3, -0.25) is 9.59 Å². The van der Waals surface area contributed by atoms with Gasteiger partial charge in [0.25, 0.3) is 5.91 Å². The molecule has 8 heteroatoms. The molecule has 1 heterocycles. The fraction of sp³-hybridized carbons (Fsp3) is 0.200. The number of anilines is 1. The molecule has 0 unspecified atom stereocenters. The molecule has 0 radical (unpaired) electrons. The third-order valence-electron chi connectivity index (χ3n) is 2.75. The van der Waals surface area contributed by atoms with E-state index in [4.69, 9.17) is 0 Å². The fourth-order valence-electron chi connectivity index (χ4n) is 1.77. The molecule has 0 aliphatic rings. The molecule has 0 spiro atoms. The number of thiophene rings is 1. The molecule has 1 aromatic heterocycles. The molecule has 0 saturated carbocycles. The molecular weight excluding hydrogens is 326 g/mol. The molecular formula is C15H14F2N2O3S. The number of hydrogen-bond donors (Lipinski definition) is 2. The summed E-state index contributed by atoms with van der Waals surface area (Å²) in [7, 11) is 0. The average molecular weight is 340 g/mol. The van der Waals surface area contributed by atoms with Gasteiger partial charge < -0.3 is 15.4 Å². The minimum Gasteiger partial charge on any atom is -0.433 e. The minimum atomic E-state index is -2.99. The van der Waals surface area contributed by atoms with E-state index in [-0.39, 0.29) is 29.5 Å². The van der Waals surface area contributed by atoms with E-state index >= 15 is 0 Å². The summed E-state index contributed by atoms with van der Waals surface area (Å²) in [6.45, 7) is -2.91. The van der Waals surface area contributed by atoms with Crippen LogP contribution in [0.25, 0.3) is 0 Å². The standard InChI is InChI=1S/C15H14F2N2O3S/c16-15(17)22-11-7-9-23-13(11)14(21)18-8-6-12(20)19-10-4-2-1-3-5-10/h1-5,7,9,15H,6,8H2,(H,18,21)(H,19,20). The molecule has 23 heavy (non-hydrogen) atoms. The van der Waals surface area contributed by atoms with Crippen molar-refractivity contribution >= 4 is 28.8 Å². The number of carbonyl (C=O) groups is 2. The van der Waals surface area contributed by atoms with Crippen molar-refractivity contribution in [2.75, 3.05) is 11.9 Å². The third kappa shape index (κ3) is 5.33. The number of hydrogen-bond acceptors (Lipinski definition) is 4. The van der Waals surface area contributed by atoms with Crippen molar-refractivity contribution in [1.29, 1.82) is 0 Å². The molecule has 0 fully saturated rings. The Hall–Kier alpha value is -2.48. The first-order valence-electron chi connectivity index (χ1n) is 6.71. The molecule has 0 saturated heterocycles. The molecule has 2 rings (SSSR count). The molecule has 0 atom stereocenters. The van der Waals surface area contributed by atoms with Gasteiger partial charge in [0.1, 0.15) is 10.6 Å². The quantitative estimate of drug-likeness (QED) is 0.814. The second kappa shape index (κ2) is 8.23. The highest BCUT2D eigenvalue weighted by Gasteiger charge is 2.17. The van der Waals surface area contributed by atoms with Crippen molar-refractivity contribution in [3.8, 4) is 5.75 Å². The highest BCUT2D eigenvalue weighted by atomic mass is 32.1. The summed E-state index contributed by atoms with van der Waals surface area (Å²) >= 11 is 0.990. The lowest BCUT2D eigenvalue weighted by atomic mass is 10.3. The van der Waals surface area contributed by atoms with Crippen molar-refractivity contribution in [1.82, 2.24) is 5.32 Å². The number of halogens is 2. The van der Waals surface area contributed by atoms with E-state index in [0.717, 1.165) is 11.3 Å². The predicted molar refractivity (Wildman–Crippen MR) is 83.0 cm³/mol. The zero-order chi connectivity index (χ0) is 16.7. The van der Waals surface area contributed by atoms with Gasteiger partial charge >= 0.3 is 6.61 Å². The third-order valence-corrected chi connectivity index (χ3v) is 3.64. The normalized spacial score (nSPS) is 10.4. The summed E-state index contributed by atoms with van der Waals surface area (Å²) in [6, 6.07) is 10.2. The van der Waals surface area contributed by atoms with Crippen LogP contribution in [0.2, 0.25) is 0 Å². The highest BCUT2D eigenvalue weighted by Crippen LogP contribution is 2.26. The second-order valence-corrected chi connectivity index (χ2v) is 5.33. The number of alkyl halides is 2. The molecule has 2 amide bonds. The van der Waals surface area contributed by atoms with Crippen LogP contribution in [0.3, 0.4) is 0 Å². The smallest absolute Gasteiger partial charge is 0.387 e. The van der Waals surface area contributed by atoms with Crippen LogP contribution >= 0.6 is 11.3 Å². The Morgan fingerprint density at radius 2 is 1.91 bits per heavy atom. The molecule has 122 valence electrons. The molecule has 2 aromatic rings. The fourth-order valence-corrected chi connectivity index (χ4v) is 2.51. The van der Waals surface area contributed by atoms with Crippen molar-refractivity contribution in [2.24, 2.45) is 0 Å². The van der Waals surface area contributed by atoms with Crippen molar-refractivity contribution in [3.63, 3.8) is 0 Å². The Bertz CT molecular complexity index is 662. The van der Waals surface area contributed by atoms with Crippen LogP contribution < -0.4 is 15.4 Å². The minimum absolute atomic E-state index is 0.0498. The van der Waals surface area contributed by atoms with Gasteiger partial charge in [0.15, 0.2) is 0 Å². The molecule has 2 N–H and O–H groups in total. The van der Waals surface area contributed by atoms with Gasteiger partial charge in [-0.25, -0.2) is 0 Å².